The number of halogens is 2. The van der Waals surface area contributed by atoms with E-state index in [1.54, 1.807) is 6.07 Å². The van der Waals surface area contributed by atoms with Gasteiger partial charge in [-0.3, -0.25) is 9.59 Å². The number of ether oxygens (including phenoxy) is 1. The lowest BCUT2D eigenvalue weighted by atomic mass is 10.3. The number of hydrogen-bond acceptors (Lipinski definition) is 6. The predicted molar refractivity (Wildman–Crippen MR) is 90.8 cm³/mol. The lowest BCUT2D eigenvalue weighted by Crippen LogP contribution is -2.40. The van der Waals surface area contributed by atoms with Crippen LogP contribution in [0.4, 0.5) is 4.39 Å². The molecule has 6 nitrogen and oxygen atoms in total. The fraction of sp³-hybridized carbons (Fsp3) is 0.200. The van der Waals surface area contributed by atoms with E-state index in [0.29, 0.717) is 9.21 Å². The van der Waals surface area contributed by atoms with Crippen LogP contribution < -0.4 is 4.72 Å². The molecular formula is C15H13ClFNO5S2. The standard InChI is InChI=1S/C15H13ClFNO5S2/c1-9(18-25(21,22)11-4-2-10(17)3-5-11)15(20)23-8-12(19)13-6-7-14(16)24-13/h2-7,9,18H,8H2,1H3/t9-/m1/s1. The van der Waals surface area contributed by atoms with Gasteiger partial charge in [-0.1, -0.05) is 11.6 Å². The molecule has 0 amide bonds. The fourth-order valence-corrected chi connectivity index (χ4v) is 3.92. The molecule has 0 aliphatic carbocycles. The molecule has 10 heteroatoms. The van der Waals surface area contributed by atoms with Gasteiger partial charge in [-0.2, -0.15) is 4.72 Å². The summed E-state index contributed by atoms with van der Waals surface area (Å²) in [5.41, 5.74) is 0. The Morgan fingerprint density at radius 1 is 1.24 bits per heavy atom. The van der Waals surface area contributed by atoms with Crippen molar-refractivity contribution in [3.63, 3.8) is 0 Å². The number of esters is 1. The van der Waals surface area contributed by atoms with E-state index >= 15 is 0 Å². The molecule has 0 fully saturated rings. The van der Waals surface area contributed by atoms with E-state index < -0.39 is 40.2 Å². The third-order valence-corrected chi connectivity index (χ3v) is 5.83. The van der Waals surface area contributed by atoms with Crippen LogP contribution >= 0.6 is 22.9 Å². The summed E-state index contributed by atoms with van der Waals surface area (Å²) in [5.74, 6) is -1.95. The SMILES string of the molecule is C[C@@H](NS(=O)(=O)c1ccc(F)cc1)C(=O)OCC(=O)c1ccc(Cl)s1. The summed E-state index contributed by atoms with van der Waals surface area (Å²) in [6.45, 7) is 0.744. The summed E-state index contributed by atoms with van der Waals surface area (Å²) >= 11 is 6.76. The summed E-state index contributed by atoms with van der Waals surface area (Å²) in [7, 11) is -4.03. The molecule has 1 N–H and O–H groups in total. The van der Waals surface area contributed by atoms with Crippen molar-refractivity contribution in [1.82, 2.24) is 4.72 Å². The molecule has 0 saturated heterocycles. The molecule has 25 heavy (non-hydrogen) atoms. The summed E-state index contributed by atoms with van der Waals surface area (Å²) in [6.07, 6.45) is 0. The molecule has 1 heterocycles. The van der Waals surface area contributed by atoms with Crippen LogP contribution in [0.2, 0.25) is 4.34 Å². The molecule has 2 aromatic rings. The Balaban J connectivity index is 1.93. The van der Waals surface area contributed by atoms with E-state index in [1.165, 1.54) is 13.0 Å². The second-order valence-corrected chi connectivity index (χ2v) is 8.36. The number of rotatable bonds is 7. The van der Waals surface area contributed by atoms with Gasteiger partial charge in [-0.25, -0.2) is 12.8 Å². The first kappa shape index (κ1) is 19.5. The number of nitrogens with one attached hydrogen (secondary N) is 1. The number of hydrogen-bond donors (Lipinski definition) is 1. The monoisotopic (exact) mass is 405 g/mol. The number of sulfonamides is 1. The van der Waals surface area contributed by atoms with Crippen LogP contribution in [0.1, 0.15) is 16.6 Å². The molecule has 2 rings (SSSR count). The third kappa shape index (κ3) is 5.33. The molecule has 0 radical (unpaired) electrons. The van der Waals surface area contributed by atoms with E-state index in [1.807, 2.05) is 0 Å². The Hall–Kier alpha value is -1.81. The zero-order valence-corrected chi connectivity index (χ0v) is 15.3. The third-order valence-electron chi connectivity index (χ3n) is 3.00. The second kappa shape index (κ2) is 8.05. The van der Waals surface area contributed by atoms with E-state index in [4.69, 9.17) is 16.3 Å². The van der Waals surface area contributed by atoms with E-state index in [2.05, 4.69) is 4.72 Å². The maximum Gasteiger partial charge on any atom is 0.324 e. The van der Waals surface area contributed by atoms with Crippen molar-refractivity contribution in [2.24, 2.45) is 0 Å². The second-order valence-electron chi connectivity index (χ2n) is 4.93. The highest BCUT2D eigenvalue weighted by atomic mass is 35.5. The van der Waals surface area contributed by atoms with E-state index in [9.17, 15) is 22.4 Å². The lowest BCUT2D eigenvalue weighted by Gasteiger charge is -2.13. The topological polar surface area (TPSA) is 89.5 Å². The normalized spacial score (nSPS) is 12.6. The number of carbonyl (C=O) groups excluding carboxylic acids is 2. The Kier molecular flexibility index (Phi) is 6.28. The van der Waals surface area contributed by atoms with E-state index in [0.717, 1.165) is 35.6 Å². The maximum atomic E-state index is 12.9. The summed E-state index contributed by atoms with van der Waals surface area (Å²) in [4.78, 5) is 23.8. The minimum atomic E-state index is -4.03. The average Bonchev–Trinajstić information content (AvgIpc) is 2.98. The van der Waals surface area contributed by atoms with Gasteiger partial charge in [0, 0.05) is 0 Å². The molecule has 1 aromatic carbocycles. The fourth-order valence-electron chi connectivity index (χ4n) is 1.76. The van der Waals surface area contributed by atoms with Crippen molar-refractivity contribution < 1.29 is 27.1 Å². The largest absolute Gasteiger partial charge is 0.456 e. The van der Waals surface area contributed by atoms with Gasteiger partial charge < -0.3 is 4.74 Å². The number of carbonyl (C=O) groups is 2. The van der Waals surface area contributed by atoms with Crippen LogP contribution in [0.5, 0.6) is 0 Å². The summed E-state index contributed by atoms with van der Waals surface area (Å²) < 4.78 is 44.4. The first-order valence-electron chi connectivity index (χ1n) is 6.92. The van der Waals surface area contributed by atoms with Gasteiger partial charge in [0.1, 0.15) is 11.9 Å². The van der Waals surface area contributed by atoms with Crippen LogP contribution in [0.25, 0.3) is 0 Å². The van der Waals surface area contributed by atoms with Gasteiger partial charge in [0.2, 0.25) is 15.8 Å². The highest BCUT2D eigenvalue weighted by Gasteiger charge is 2.24. The smallest absolute Gasteiger partial charge is 0.324 e. The minimum absolute atomic E-state index is 0.196. The lowest BCUT2D eigenvalue weighted by molar-refractivity contribution is -0.144. The van der Waals surface area contributed by atoms with Crippen LogP contribution in [-0.4, -0.2) is 32.8 Å². The Morgan fingerprint density at radius 2 is 1.88 bits per heavy atom. The van der Waals surface area contributed by atoms with Crippen LogP contribution in [0.15, 0.2) is 41.3 Å². The predicted octanol–water partition coefficient (Wildman–Crippen LogP) is 2.63. The first-order chi connectivity index (χ1) is 11.7. The summed E-state index contributed by atoms with van der Waals surface area (Å²) in [6, 6.07) is 5.93. The minimum Gasteiger partial charge on any atom is -0.456 e. The maximum absolute atomic E-state index is 12.9. The van der Waals surface area contributed by atoms with Crippen molar-refractivity contribution in [2.45, 2.75) is 17.9 Å². The van der Waals surface area contributed by atoms with E-state index in [-0.39, 0.29) is 4.90 Å². The van der Waals surface area contributed by atoms with Gasteiger partial charge >= 0.3 is 5.97 Å². The average molecular weight is 406 g/mol. The van der Waals surface area contributed by atoms with Crippen molar-refractivity contribution >= 4 is 44.7 Å². The first-order valence-corrected chi connectivity index (χ1v) is 9.60. The molecule has 0 aliphatic rings. The number of ketones is 1. The van der Waals surface area contributed by atoms with Crippen LogP contribution in [-0.2, 0) is 19.6 Å². The molecule has 0 bridgehead atoms. The van der Waals surface area contributed by atoms with Crippen molar-refractivity contribution in [2.75, 3.05) is 6.61 Å². The summed E-state index contributed by atoms with van der Waals surface area (Å²) in [5, 5.41) is 0. The van der Waals surface area contributed by atoms with Gasteiger partial charge in [-0.05, 0) is 43.3 Å². The molecule has 0 saturated carbocycles. The molecule has 134 valence electrons. The Bertz CT molecular complexity index is 880. The van der Waals surface area contributed by atoms with Crippen LogP contribution in [0, 0.1) is 5.82 Å². The Morgan fingerprint density at radius 3 is 2.44 bits per heavy atom. The molecule has 0 aliphatic heterocycles. The molecular weight excluding hydrogens is 393 g/mol. The van der Waals surface area contributed by atoms with Gasteiger partial charge in [0.05, 0.1) is 14.1 Å². The van der Waals surface area contributed by atoms with Gasteiger partial charge in [0.15, 0.2) is 6.61 Å². The van der Waals surface area contributed by atoms with Gasteiger partial charge in [-0.15, -0.1) is 11.3 Å². The molecule has 0 unspecified atom stereocenters. The Labute approximate surface area is 152 Å². The van der Waals surface area contributed by atoms with Crippen LogP contribution in [0.3, 0.4) is 0 Å². The van der Waals surface area contributed by atoms with Crippen molar-refractivity contribution in [3.05, 3.63) is 51.4 Å². The van der Waals surface area contributed by atoms with Crippen molar-refractivity contribution in [3.8, 4) is 0 Å². The molecule has 1 atom stereocenters. The highest BCUT2D eigenvalue weighted by Crippen LogP contribution is 2.21. The zero-order chi connectivity index (χ0) is 18.6. The number of Topliss-reactive ketones (excluding diaryl/α,β-unsaturated/α-hetero) is 1. The quantitative estimate of drug-likeness (QED) is 0.565. The number of benzene rings is 1. The molecule has 1 aromatic heterocycles. The van der Waals surface area contributed by atoms with Crippen molar-refractivity contribution in [1.29, 1.82) is 0 Å². The highest BCUT2D eigenvalue weighted by molar-refractivity contribution is 7.89. The zero-order valence-electron chi connectivity index (χ0n) is 12.9. The van der Waals surface area contributed by atoms with Gasteiger partial charge in [0.25, 0.3) is 0 Å². The number of thiophene rings is 1. The molecule has 0 spiro atoms.